The number of anilines is 1. The first-order valence-corrected chi connectivity index (χ1v) is 9.36. The van der Waals surface area contributed by atoms with Crippen molar-refractivity contribution in [2.24, 2.45) is 11.8 Å². The lowest BCUT2D eigenvalue weighted by Crippen LogP contribution is -2.53. The quantitative estimate of drug-likeness (QED) is 0.822. The summed E-state index contributed by atoms with van der Waals surface area (Å²) in [7, 11) is 0. The topological polar surface area (TPSA) is 63.7 Å². The van der Waals surface area contributed by atoms with Gasteiger partial charge < -0.3 is 19.7 Å². The number of amides is 1. The molecule has 1 aromatic carbocycles. The van der Waals surface area contributed by atoms with Gasteiger partial charge >= 0.3 is 0 Å². The molecule has 0 aromatic heterocycles. The first-order chi connectivity index (χ1) is 12.0. The predicted molar refractivity (Wildman–Crippen MR) is 95.4 cm³/mol. The van der Waals surface area contributed by atoms with Crippen LogP contribution in [0.15, 0.2) is 18.2 Å². The van der Waals surface area contributed by atoms with Crippen LogP contribution in [0.4, 0.5) is 5.69 Å². The smallest absolute Gasteiger partial charge is 0.226 e. The van der Waals surface area contributed by atoms with Crippen molar-refractivity contribution < 1.29 is 14.7 Å². The second kappa shape index (κ2) is 7.65. The molecule has 25 heavy (non-hydrogen) atoms. The fraction of sp³-hybridized carbons (Fsp3) is 0.579. The van der Waals surface area contributed by atoms with Crippen LogP contribution in [-0.4, -0.2) is 43.0 Å². The zero-order valence-electron chi connectivity index (χ0n) is 14.5. The summed E-state index contributed by atoms with van der Waals surface area (Å²) in [6, 6.07) is 5.84. The summed E-state index contributed by atoms with van der Waals surface area (Å²) in [4.78, 5) is 28.2. The van der Waals surface area contributed by atoms with Crippen LogP contribution < -0.4 is 10.0 Å². The summed E-state index contributed by atoms with van der Waals surface area (Å²) in [5, 5.41) is 12.1. The number of aryl methyl sites for hydroxylation is 1. The molecular weight excluding hydrogens is 340 g/mol. The molecule has 0 N–H and O–H groups in total. The minimum atomic E-state index is -1.08. The lowest BCUT2D eigenvalue weighted by Gasteiger charge is -2.40. The number of carboxylic acids is 1. The Kier molecular flexibility index (Phi) is 5.52. The number of carbonyl (C=O) groups excluding carboxylic acids is 2. The van der Waals surface area contributed by atoms with Gasteiger partial charge in [0.1, 0.15) is 0 Å². The first-order valence-electron chi connectivity index (χ1n) is 8.98. The molecule has 0 bridgehead atoms. The van der Waals surface area contributed by atoms with E-state index >= 15 is 0 Å². The Balaban J connectivity index is 1.64. The van der Waals surface area contributed by atoms with Crippen LogP contribution in [-0.2, 0) is 9.59 Å². The van der Waals surface area contributed by atoms with Gasteiger partial charge in [-0.1, -0.05) is 30.5 Å². The molecule has 1 aromatic rings. The van der Waals surface area contributed by atoms with Gasteiger partial charge in [0.05, 0.1) is 0 Å². The van der Waals surface area contributed by atoms with Crippen molar-refractivity contribution in [3.63, 3.8) is 0 Å². The van der Waals surface area contributed by atoms with Crippen molar-refractivity contribution >= 4 is 29.2 Å². The van der Waals surface area contributed by atoms with Crippen molar-refractivity contribution in [1.29, 1.82) is 0 Å². The average molecular weight is 364 g/mol. The molecule has 2 aliphatic rings. The van der Waals surface area contributed by atoms with Gasteiger partial charge in [0, 0.05) is 54.7 Å². The summed E-state index contributed by atoms with van der Waals surface area (Å²) in [5.74, 6) is -2.14. The highest BCUT2D eigenvalue weighted by Gasteiger charge is 2.35. The Labute approximate surface area is 153 Å². The molecule has 0 radical (unpaired) electrons. The molecule has 1 heterocycles. The summed E-state index contributed by atoms with van der Waals surface area (Å²) < 4.78 is 0. The molecule has 2 fully saturated rings. The Morgan fingerprint density at radius 3 is 2.36 bits per heavy atom. The van der Waals surface area contributed by atoms with E-state index in [0.717, 1.165) is 37.2 Å². The normalized spacial score (nSPS) is 24.2. The molecule has 136 valence electrons. The van der Waals surface area contributed by atoms with Gasteiger partial charge in [-0.2, -0.15) is 0 Å². The van der Waals surface area contributed by atoms with Crippen molar-refractivity contribution in [2.75, 3.05) is 31.1 Å². The lowest BCUT2D eigenvalue weighted by molar-refractivity contribution is -0.314. The van der Waals surface area contributed by atoms with Gasteiger partial charge in [-0.15, -0.1) is 0 Å². The molecule has 2 atom stereocenters. The maximum Gasteiger partial charge on any atom is 0.226 e. The number of hydrogen-bond acceptors (Lipinski definition) is 4. The van der Waals surface area contributed by atoms with E-state index in [0.29, 0.717) is 31.0 Å². The number of piperazine rings is 1. The average Bonchev–Trinajstić information content (AvgIpc) is 2.63. The third-order valence-electron chi connectivity index (χ3n) is 5.49. The highest BCUT2D eigenvalue weighted by molar-refractivity contribution is 6.30. The maximum atomic E-state index is 12.8. The number of carbonyl (C=O) groups is 2. The third kappa shape index (κ3) is 3.92. The maximum absolute atomic E-state index is 12.8. The Morgan fingerprint density at radius 2 is 1.72 bits per heavy atom. The second-order valence-electron chi connectivity index (χ2n) is 7.06. The van der Waals surface area contributed by atoms with E-state index in [4.69, 9.17) is 11.6 Å². The van der Waals surface area contributed by atoms with Crippen LogP contribution in [0.5, 0.6) is 0 Å². The molecule has 6 heteroatoms. The Bertz CT molecular complexity index is 656. The van der Waals surface area contributed by atoms with E-state index in [1.165, 1.54) is 0 Å². The summed E-state index contributed by atoms with van der Waals surface area (Å²) in [6.45, 7) is 4.74. The number of carboxylic acid groups (broad SMARTS) is 1. The van der Waals surface area contributed by atoms with Gasteiger partial charge in [-0.25, -0.2) is 0 Å². The van der Waals surface area contributed by atoms with Crippen molar-refractivity contribution in [3.05, 3.63) is 28.8 Å². The number of benzene rings is 1. The van der Waals surface area contributed by atoms with Gasteiger partial charge in [-0.05, 0) is 37.5 Å². The number of rotatable bonds is 3. The highest BCUT2D eigenvalue weighted by atomic mass is 35.5. The Hall–Kier alpha value is -1.75. The summed E-state index contributed by atoms with van der Waals surface area (Å²) in [5.41, 5.74) is 2.26. The molecule has 1 aliphatic heterocycles. The van der Waals surface area contributed by atoms with Gasteiger partial charge in [-0.3, -0.25) is 4.79 Å². The van der Waals surface area contributed by atoms with E-state index in [9.17, 15) is 14.7 Å². The van der Waals surface area contributed by atoms with Gasteiger partial charge in [0.2, 0.25) is 5.91 Å². The van der Waals surface area contributed by atoms with E-state index in [-0.39, 0.29) is 5.91 Å². The van der Waals surface area contributed by atoms with Gasteiger partial charge in [0.15, 0.2) is 0 Å². The highest BCUT2D eigenvalue weighted by Crippen LogP contribution is 2.32. The SMILES string of the molecule is Cc1ccc(Cl)cc1N1CCN(C(=O)[C@H]2CCCC[C@H]2C(=O)[O-])CC1. The molecule has 1 saturated carbocycles. The molecule has 0 spiro atoms. The lowest BCUT2D eigenvalue weighted by atomic mass is 9.78. The fourth-order valence-corrected chi connectivity index (χ4v) is 4.20. The third-order valence-corrected chi connectivity index (χ3v) is 5.72. The Morgan fingerprint density at radius 1 is 1.08 bits per heavy atom. The zero-order chi connectivity index (χ0) is 18.0. The summed E-state index contributed by atoms with van der Waals surface area (Å²) >= 11 is 6.11. The largest absolute Gasteiger partial charge is 0.550 e. The monoisotopic (exact) mass is 363 g/mol. The van der Waals surface area contributed by atoms with Crippen molar-refractivity contribution in [2.45, 2.75) is 32.6 Å². The van der Waals surface area contributed by atoms with Crippen LogP contribution >= 0.6 is 11.6 Å². The minimum absolute atomic E-state index is 0.0173. The molecular formula is C19H24ClN2O3-. The van der Waals surface area contributed by atoms with Crippen LogP contribution in [0, 0.1) is 18.8 Å². The summed E-state index contributed by atoms with van der Waals surface area (Å²) in [6.07, 6.45) is 3.00. The molecule has 1 amide bonds. The van der Waals surface area contributed by atoms with Crippen LogP contribution in [0.2, 0.25) is 5.02 Å². The first kappa shape index (κ1) is 18.1. The number of halogens is 1. The van der Waals surface area contributed by atoms with Crippen molar-refractivity contribution in [3.8, 4) is 0 Å². The van der Waals surface area contributed by atoms with E-state index in [2.05, 4.69) is 11.8 Å². The molecule has 0 unspecified atom stereocenters. The number of hydrogen-bond donors (Lipinski definition) is 0. The molecule has 1 saturated heterocycles. The molecule has 1 aliphatic carbocycles. The van der Waals surface area contributed by atoms with Gasteiger partial charge in [0.25, 0.3) is 0 Å². The minimum Gasteiger partial charge on any atom is -0.550 e. The fourth-order valence-electron chi connectivity index (χ4n) is 4.03. The zero-order valence-corrected chi connectivity index (χ0v) is 15.3. The molecule has 3 rings (SSSR count). The number of nitrogens with zero attached hydrogens (tertiary/aromatic N) is 2. The predicted octanol–water partition coefficient (Wildman–Crippen LogP) is 1.85. The van der Waals surface area contributed by atoms with Crippen molar-refractivity contribution in [1.82, 2.24) is 4.90 Å². The molecule has 5 nitrogen and oxygen atoms in total. The van der Waals surface area contributed by atoms with Crippen LogP contribution in [0.3, 0.4) is 0 Å². The van der Waals surface area contributed by atoms with Crippen LogP contribution in [0.25, 0.3) is 0 Å². The van der Waals surface area contributed by atoms with E-state index in [1.807, 2.05) is 23.1 Å². The van der Waals surface area contributed by atoms with E-state index < -0.39 is 17.8 Å². The van der Waals surface area contributed by atoms with E-state index in [1.54, 1.807) is 0 Å². The number of aliphatic carboxylic acids is 1. The standard InChI is InChI=1S/C19H25ClN2O3/c1-13-6-7-14(20)12-17(13)21-8-10-22(11-9-21)18(23)15-4-2-3-5-16(15)19(24)25/h6-7,12,15-16H,2-5,8-11H2,1H3,(H,24,25)/p-1/t15-,16+/m0/s1. The van der Waals surface area contributed by atoms with Crippen LogP contribution in [0.1, 0.15) is 31.2 Å². The second-order valence-corrected chi connectivity index (χ2v) is 7.50.